The fourth-order valence-corrected chi connectivity index (χ4v) is 3.71. The van der Waals surface area contributed by atoms with E-state index in [2.05, 4.69) is 20.3 Å². The number of alkyl halides is 3. The molecule has 5 nitrogen and oxygen atoms in total. The largest absolute Gasteiger partial charge is 0.416 e. The number of fused-ring (bicyclic) bond motifs is 1. The van der Waals surface area contributed by atoms with Gasteiger partial charge in [0.2, 0.25) is 0 Å². The smallest absolute Gasteiger partial charge is 0.227 e. The van der Waals surface area contributed by atoms with Gasteiger partial charge in [-0.2, -0.15) is 13.2 Å². The number of benzene rings is 2. The molecule has 0 N–H and O–H groups in total. The van der Waals surface area contributed by atoms with Gasteiger partial charge in [-0.05, 0) is 24.1 Å². The van der Waals surface area contributed by atoms with Crippen LogP contribution in [0.2, 0.25) is 0 Å². The lowest BCUT2D eigenvalue weighted by molar-refractivity contribution is -0.137. The molecule has 2 aromatic carbocycles. The molecule has 0 aliphatic heterocycles. The lowest BCUT2D eigenvalue weighted by Crippen LogP contribution is -2.05. The lowest BCUT2D eigenvalue weighted by Gasteiger charge is -2.08. The fourth-order valence-electron chi connectivity index (χ4n) is 2.84. The number of aromatic nitrogens is 5. The molecule has 0 unspecified atom stereocenters. The van der Waals surface area contributed by atoms with Crippen LogP contribution >= 0.6 is 11.8 Å². The van der Waals surface area contributed by atoms with Crippen molar-refractivity contribution in [3.05, 3.63) is 77.1 Å². The standard InChI is InChI=1S/C20H16F3N5S/c1-13-5-7-14(8-6-13)10-28-18-17(26-27-28)19(25-12-24-18)29-11-15-3-2-4-16(9-15)20(21,22)23/h2-9,12H,10-11H2,1H3. The number of nitrogens with zero attached hydrogens (tertiary/aromatic N) is 5. The zero-order chi connectivity index (χ0) is 20.4. The van der Waals surface area contributed by atoms with Gasteiger partial charge in [0, 0.05) is 5.75 Å². The average Bonchev–Trinajstić information content (AvgIpc) is 3.11. The molecule has 0 spiro atoms. The van der Waals surface area contributed by atoms with E-state index in [1.54, 1.807) is 10.7 Å². The molecule has 0 aliphatic rings. The normalized spacial score (nSPS) is 11.9. The molecule has 2 aromatic heterocycles. The highest BCUT2D eigenvalue weighted by molar-refractivity contribution is 7.98. The number of halogens is 3. The van der Waals surface area contributed by atoms with Gasteiger partial charge in [0.25, 0.3) is 0 Å². The molecule has 0 saturated carbocycles. The molecule has 4 rings (SSSR count). The zero-order valence-electron chi connectivity index (χ0n) is 15.4. The van der Waals surface area contributed by atoms with E-state index in [1.807, 2.05) is 31.2 Å². The summed E-state index contributed by atoms with van der Waals surface area (Å²) in [5, 5.41) is 8.95. The Hall–Kier alpha value is -2.94. The molecule has 0 atom stereocenters. The number of rotatable bonds is 5. The van der Waals surface area contributed by atoms with E-state index < -0.39 is 11.7 Å². The Morgan fingerprint density at radius 1 is 1.00 bits per heavy atom. The minimum atomic E-state index is -4.36. The monoisotopic (exact) mass is 415 g/mol. The van der Waals surface area contributed by atoms with Crippen LogP contribution in [0.3, 0.4) is 0 Å². The average molecular weight is 415 g/mol. The predicted molar refractivity (Wildman–Crippen MR) is 104 cm³/mol. The molecule has 4 aromatic rings. The maximum Gasteiger partial charge on any atom is 0.416 e. The highest BCUT2D eigenvalue weighted by Crippen LogP contribution is 2.31. The third-order valence-electron chi connectivity index (χ3n) is 4.35. The fraction of sp³-hybridized carbons (Fsp3) is 0.200. The molecule has 0 bridgehead atoms. The number of hydrogen-bond acceptors (Lipinski definition) is 5. The van der Waals surface area contributed by atoms with E-state index in [-0.39, 0.29) is 0 Å². The Labute approximate surface area is 169 Å². The number of aryl methyl sites for hydroxylation is 1. The van der Waals surface area contributed by atoms with Crippen LogP contribution in [0.15, 0.2) is 59.9 Å². The van der Waals surface area contributed by atoms with Crippen LogP contribution in [0, 0.1) is 6.92 Å². The summed E-state index contributed by atoms with van der Waals surface area (Å²) in [7, 11) is 0. The third-order valence-corrected chi connectivity index (χ3v) is 5.40. The van der Waals surface area contributed by atoms with Crippen LogP contribution in [0.1, 0.15) is 22.3 Å². The number of thioether (sulfide) groups is 1. The van der Waals surface area contributed by atoms with Crippen LogP contribution in [0.5, 0.6) is 0 Å². The summed E-state index contributed by atoms with van der Waals surface area (Å²) in [5.41, 5.74) is 3.27. The molecule has 0 radical (unpaired) electrons. The second-order valence-corrected chi connectivity index (χ2v) is 7.53. The van der Waals surface area contributed by atoms with Crippen molar-refractivity contribution in [2.45, 2.75) is 30.4 Å². The summed E-state index contributed by atoms with van der Waals surface area (Å²) in [6.07, 6.45) is -2.94. The van der Waals surface area contributed by atoms with Gasteiger partial charge in [-0.3, -0.25) is 0 Å². The molecular weight excluding hydrogens is 399 g/mol. The summed E-state index contributed by atoms with van der Waals surface area (Å²) < 4.78 is 40.4. The molecule has 148 valence electrons. The molecule has 0 saturated heterocycles. The van der Waals surface area contributed by atoms with Crippen molar-refractivity contribution in [1.82, 2.24) is 25.0 Å². The minimum Gasteiger partial charge on any atom is -0.227 e. The topological polar surface area (TPSA) is 56.5 Å². The molecule has 0 aliphatic carbocycles. The van der Waals surface area contributed by atoms with Crippen LogP contribution in [-0.2, 0) is 18.5 Å². The van der Waals surface area contributed by atoms with Crippen LogP contribution in [-0.4, -0.2) is 25.0 Å². The van der Waals surface area contributed by atoms with Crippen molar-refractivity contribution >= 4 is 22.9 Å². The Bertz CT molecular complexity index is 1140. The molecular formula is C20H16F3N5S. The van der Waals surface area contributed by atoms with Crippen molar-refractivity contribution in [3.63, 3.8) is 0 Å². The van der Waals surface area contributed by atoms with E-state index in [0.29, 0.717) is 34.1 Å². The molecule has 2 heterocycles. The van der Waals surface area contributed by atoms with Gasteiger partial charge >= 0.3 is 6.18 Å². The van der Waals surface area contributed by atoms with E-state index in [9.17, 15) is 13.2 Å². The Morgan fingerprint density at radius 2 is 1.79 bits per heavy atom. The summed E-state index contributed by atoms with van der Waals surface area (Å²) in [5.74, 6) is 0.334. The van der Waals surface area contributed by atoms with Crippen LogP contribution < -0.4 is 0 Å². The van der Waals surface area contributed by atoms with Gasteiger partial charge in [-0.1, -0.05) is 65.0 Å². The van der Waals surface area contributed by atoms with Gasteiger partial charge < -0.3 is 0 Å². The SMILES string of the molecule is Cc1ccc(Cn2nnc3c(SCc4cccc(C(F)(F)F)c4)ncnc32)cc1. The summed E-state index contributed by atoms with van der Waals surface area (Å²) in [4.78, 5) is 8.52. The Morgan fingerprint density at radius 3 is 2.55 bits per heavy atom. The Kier molecular flexibility index (Phi) is 5.23. The summed E-state index contributed by atoms with van der Waals surface area (Å²) >= 11 is 1.31. The van der Waals surface area contributed by atoms with Crippen LogP contribution in [0.25, 0.3) is 11.2 Å². The molecule has 29 heavy (non-hydrogen) atoms. The summed E-state index contributed by atoms with van der Waals surface area (Å²) in [6, 6.07) is 13.4. The highest BCUT2D eigenvalue weighted by atomic mass is 32.2. The first-order valence-corrected chi connectivity index (χ1v) is 9.77. The minimum absolute atomic E-state index is 0.334. The van der Waals surface area contributed by atoms with Gasteiger partial charge in [0.1, 0.15) is 11.4 Å². The summed E-state index contributed by atoms with van der Waals surface area (Å²) in [6.45, 7) is 2.54. The van der Waals surface area contributed by atoms with Crippen molar-refractivity contribution in [3.8, 4) is 0 Å². The highest BCUT2D eigenvalue weighted by Gasteiger charge is 2.30. The lowest BCUT2D eigenvalue weighted by atomic mass is 10.1. The van der Waals surface area contributed by atoms with E-state index >= 15 is 0 Å². The van der Waals surface area contributed by atoms with Gasteiger partial charge in [-0.25, -0.2) is 14.6 Å². The molecule has 0 amide bonds. The Balaban J connectivity index is 1.55. The maximum absolute atomic E-state index is 12.9. The quantitative estimate of drug-likeness (QED) is 0.343. The molecule has 9 heteroatoms. The first-order chi connectivity index (χ1) is 13.9. The van der Waals surface area contributed by atoms with E-state index in [1.165, 1.54) is 29.7 Å². The van der Waals surface area contributed by atoms with E-state index in [0.717, 1.165) is 17.7 Å². The predicted octanol–water partition coefficient (Wildman–Crippen LogP) is 4.89. The van der Waals surface area contributed by atoms with Gasteiger partial charge in [0.15, 0.2) is 11.2 Å². The van der Waals surface area contributed by atoms with Crippen molar-refractivity contribution in [1.29, 1.82) is 0 Å². The van der Waals surface area contributed by atoms with Gasteiger partial charge in [-0.15, -0.1) is 5.10 Å². The zero-order valence-corrected chi connectivity index (χ0v) is 16.2. The second kappa shape index (κ2) is 7.82. The molecule has 0 fully saturated rings. The second-order valence-electron chi connectivity index (χ2n) is 6.57. The first kappa shape index (κ1) is 19.4. The maximum atomic E-state index is 12.9. The van der Waals surface area contributed by atoms with Crippen molar-refractivity contribution in [2.24, 2.45) is 0 Å². The first-order valence-electron chi connectivity index (χ1n) is 8.79. The van der Waals surface area contributed by atoms with Gasteiger partial charge in [0.05, 0.1) is 12.1 Å². The van der Waals surface area contributed by atoms with Crippen LogP contribution in [0.4, 0.5) is 13.2 Å². The van der Waals surface area contributed by atoms with Crippen molar-refractivity contribution < 1.29 is 13.2 Å². The number of hydrogen-bond donors (Lipinski definition) is 0. The van der Waals surface area contributed by atoms with Crippen molar-refractivity contribution in [2.75, 3.05) is 0 Å². The third kappa shape index (κ3) is 4.40. The van der Waals surface area contributed by atoms with E-state index in [4.69, 9.17) is 0 Å².